The largest absolute Gasteiger partial charge is 0.386 e. The summed E-state index contributed by atoms with van der Waals surface area (Å²) < 4.78 is 0. The summed E-state index contributed by atoms with van der Waals surface area (Å²) in [7, 11) is 0. The summed E-state index contributed by atoms with van der Waals surface area (Å²) in [6.45, 7) is 1.36. The molecule has 0 amide bonds. The van der Waals surface area contributed by atoms with Crippen molar-refractivity contribution in [3.05, 3.63) is 23.8 Å². The third-order valence-corrected chi connectivity index (χ3v) is 1.63. The predicted octanol–water partition coefficient (Wildman–Crippen LogP) is -0.207. The minimum absolute atomic E-state index is 0.207. The Morgan fingerprint density at radius 2 is 2.18 bits per heavy atom. The summed E-state index contributed by atoms with van der Waals surface area (Å²) >= 11 is 0. The Labute approximate surface area is 64.7 Å². The summed E-state index contributed by atoms with van der Waals surface area (Å²) in [5, 5.41) is 18.3. The average Bonchev–Trinajstić information content (AvgIpc) is 1.94. The fraction of sp³-hybridized carbons (Fsp3) is 0.375. The summed E-state index contributed by atoms with van der Waals surface area (Å²) in [6.07, 6.45) is 2.52. The first-order chi connectivity index (χ1) is 5.13. The van der Waals surface area contributed by atoms with Crippen LogP contribution in [0, 0.1) is 0 Å². The topological polar surface area (TPSA) is 57.5 Å². The molecule has 3 nitrogen and oxygen atoms in total. The number of carbonyl (C=O) groups is 1. The van der Waals surface area contributed by atoms with Gasteiger partial charge in [0.25, 0.3) is 0 Å². The third kappa shape index (κ3) is 1.56. The number of carbonyl (C=O) groups excluding carboxylic acids is 1. The fourth-order valence-electron chi connectivity index (χ4n) is 0.986. The molecule has 0 saturated heterocycles. The first-order valence-electron chi connectivity index (χ1n) is 3.38. The Kier molecular flexibility index (Phi) is 2.22. The molecule has 0 saturated carbocycles. The molecule has 1 rings (SSSR count). The maximum Gasteiger partial charge on any atom is 0.158 e. The van der Waals surface area contributed by atoms with Crippen LogP contribution in [0.1, 0.15) is 6.92 Å². The van der Waals surface area contributed by atoms with Crippen LogP contribution < -0.4 is 0 Å². The summed E-state index contributed by atoms with van der Waals surface area (Å²) in [4.78, 5) is 10.8. The van der Waals surface area contributed by atoms with E-state index >= 15 is 0 Å². The number of aliphatic hydroxyl groups is 2. The second-order valence-corrected chi connectivity index (χ2v) is 2.50. The van der Waals surface area contributed by atoms with E-state index in [9.17, 15) is 9.90 Å². The SMILES string of the molecule is CC(=O)C1=CC=C[C@@H](O)[C@H]1O. The van der Waals surface area contributed by atoms with Crippen LogP contribution >= 0.6 is 0 Å². The van der Waals surface area contributed by atoms with Gasteiger partial charge in [-0.05, 0) is 6.92 Å². The normalized spacial score (nSPS) is 29.9. The Morgan fingerprint density at radius 3 is 2.64 bits per heavy atom. The van der Waals surface area contributed by atoms with E-state index in [4.69, 9.17) is 5.11 Å². The Bertz CT molecular complexity index is 227. The van der Waals surface area contributed by atoms with E-state index in [0.717, 1.165) is 0 Å². The van der Waals surface area contributed by atoms with Gasteiger partial charge >= 0.3 is 0 Å². The van der Waals surface area contributed by atoms with Crippen LogP contribution in [0.5, 0.6) is 0 Å². The molecule has 0 aromatic carbocycles. The Balaban J connectivity index is 2.87. The van der Waals surface area contributed by atoms with Crippen molar-refractivity contribution in [2.75, 3.05) is 0 Å². The average molecular weight is 154 g/mol. The highest BCUT2D eigenvalue weighted by molar-refractivity contribution is 5.95. The van der Waals surface area contributed by atoms with Crippen molar-refractivity contribution in [1.29, 1.82) is 0 Å². The van der Waals surface area contributed by atoms with Crippen LogP contribution in [0.25, 0.3) is 0 Å². The number of hydrogen-bond acceptors (Lipinski definition) is 3. The number of rotatable bonds is 1. The van der Waals surface area contributed by atoms with Gasteiger partial charge in [0.05, 0.1) is 0 Å². The van der Waals surface area contributed by atoms with E-state index in [0.29, 0.717) is 0 Å². The molecule has 0 aliphatic heterocycles. The van der Waals surface area contributed by atoms with E-state index in [2.05, 4.69) is 0 Å². The number of Topliss-reactive ketones (excluding diaryl/α,β-unsaturated/α-hetero) is 1. The van der Waals surface area contributed by atoms with Crippen molar-refractivity contribution in [1.82, 2.24) is 0 Å². The smallest absolute Gasteiger partial charge is 0.158 e. The van der Waals surface area contributed by atoms with E-state index in [-0.39, 0.29) is 11.4 Å². The van der Waals surface area contributed by atoms with Crippen molar-refractivity contribution >= 4 is 5.78 Å². The second kappa shape index (κ2) is 2.98. The quantitative estimate of drug-likeness (QED) is 0.549. The lowest BCUT2D eigenvalue weighted by Crippen LogP contribution is -2.30. The van der Waals surface area contributed by atoms with Crippen LogP contribution in [0.2, 0.25) is 0 Å². The van der Waals surface area contributed by atoms with Crippen molar-refractivity contribution < 1.29 is 15.0 Å². The molecule has 0 radical (unpaired) electrons. The van der Waals surface area contributed by atoms with Crippen LogP contribution in [0.3, 0.4) is 0 Å². The standard InChI is InChI=1S/C8H10O3/c1-5(9)6-3-2-4-7(10)8(6)11/h2-4,7-8,10-11H,1H3/t7-,8+/m1/s1. The predicted molar refractivity (Wildman–Crippen MR) is 39.9 cm³/mol. The van der Waals surface area contributed by atoms with Gasteiger partial charge in [0, 0.05) is 5.57 Å². The number of allylic oxidation sites excluding steroid dienone is 2. The summed E-state index contributed by atoms with van der Waals surface area (Å²) in [5.41, 5.74) is 0.264. The molecular formula is C8H10O3. The van der Waals surface area contributed by atoms with Crippen LogP contribution in [0.15, 0.2) is 23.8 Å². The maximum atomic E-state index is 10.8. The lowest BCUT2D eigenvalue weighted by Gasteiger charge is -2.18. The molecule has 2 atom stereocenters. The van der Waals surface area contributed by atoms with Crippen molar-refractivity contribution in [3.8, 4) is 0 Å². The fourth-order valence-corrected chi connectivity index (χ4v) is 0.986. The minimum atomic E-state index is -1.06. The van der Waals surface area contributed by atoms with Crippen molar-refractivity contribution in [2.24, 2.45) is 0 Å². The number of ketones is 1. The molecule has 0 unspecified atom stereocenters. The lowest BCUT2D eigenvalue weighted by atomic mass is 9.97. The molecule has 0 spiro atoms. The van der Waals surface area contributed by atoms with E-state index in [1.54, 1.807) is 6.08 Å². The zero-order valence-corrected chi connectivity index (χ0v) is 6.19. The van der Waals surface area contributed by atoms with Gasteiger partial charge in [0.2, 0.25) is 0 Å². The van der Waals surface area contributed by atoms with Gasteiger partial charge in [0.15, 0.2) is 5.78 Å². The Morgan fingerprint density at radius 1 is 1.55 bits per heavy atom. The van der Waals surface area contributed by atoms with E-state index in [1.165, 1.54) is 19.1 Å². The lowest BCUT2D eigenvalue weighted by molar-refractivity contribution is -0.115. The monoisotopic (exact) mass is 154 g/mol. The molecule has 1 aliphatic rings. The van der Waals surface area contributed by atoms with Gasteiger partial charge in [-0.25, -0.2) is 0 Å². The molecule has 11 heavy (non-hydrogen) atoms. The maximum absolute atomic E-state index is 10.8. The van der Waals surface area contributed by atoms with Gasteiger partial charge in [-0.3, -0.25) is 4.79 Å². The molecule has 3 heteroatoms. The molecule has 2 N–H and O–H groups in total. The minimum Gasteiger partial charge on any atom is -0.386 e. The molecule has 0 fully saturated rings. The molecular weight excluding hydrogens is 144 g/mol. The van der Waals surface area contributed by atoms with Crippen molar-refractivity contribution in [3.63, 3.8) is 0 Å². The number of aliphatic hydroxyl groups excluding tert-OH is 2. The molecule has 0 heterocycles. The van der Waals surface area contributed by atoms with E-state index in [1.807, 2.05) is 0 Å². The van der Waals surface area contributed by atoms with Gasteiger partial charge in [-0.1, -0.05) is 18.2 Å². The highest BCUT2D eigenvalue weighted by atomic mass is 16.3. The molecule has 60 valence electrons. The third-order valence-electron chi connectivity index (χ3n) is 1.63. The molecule has 0 aromatic heterocycles. The van der Waals surface area contributed by atoms with Crippen LogP contribution in [0.4, 0.5) is 0 Å². The number of hydrogen-bond donors (Lipinski definition) is 2. The van der Waals surface area contributed by atoms with Gasteiger partial charge in [-0.2, -0.15) is 0 Å². The van der Waals surface area contributed by atoms with Crippen molar-refractivity contribution in [2.45, 2.75) is 19.1 Å². The highest BCUT2D eigenvalue weighted by Gasteiger charge is 2.23. The first-order valence-corrected chi connectivity index (χ1v) is 3.38. The second-order valence-electron chi connectivity index (χ2n) is 2.50. The zero-order chi connectivity index (χ0) is 8.43. The van der Waals surface area contributed by atoms with Gasteiger partial charge in [0.1, 0.15) is 12.2 Å². The van der Waals surface area contributed by atoms with Crippen LogP contribution in [-0.4, -0.2) is 28.2 Å². The molecule has 1 aliphatic carbocycles. The zero-order valence-electron chi connectivity index (χ0n) is 6.19. The molecule has 0 bridgehead atoms. The molecule has 0 aromatic rings. The first kappa shape index (κ1) is 8.17. The van der Waals surface area contributed by atoms with Crippen LogP contribution in [-0.2, 0) is 4.79 Å². The highest BCUT2D eigenvalue weighted by Crippen LogP contribution is 2.13. The summed E-state index contributed by atoms with van der Waals surface area (Å²) in [6, 6.07) is 0. The van der Waals surface area contributed by atoms with E-state index < -0.39 is 12.2 Å². The van der Waals surface area contributed by atoms with Gasteiger partial charge < -0.3 is 10.2 Å². The Hall–Kier alpha value is -0.930. The van der Waals surface area contributed by atoms with Gasteiger partial charge in [-0.15, -0.1) is 0 Å². The summed E-state index contributed by atoms with van der Waals surface area (Å²) in [5.74, 6) is -0.207.